The van der Waals surface area contributed by atoms with E-state index in [1.165, 1.54) is 12.1 Å². The smallest absolute Gasteiger partial charge is 0.322 e. The highest BCUT2D eigenvalue weighted by Crippen LogP contribution is 2.35. The summed E-state index contributed by atoms with van der Waals surface area (Å²) < 4.78 is 27.1. The summed E-state index contributed by atoms with van der Waals surface area (Å²) in [5.41, 5.74) is 3.58. The lowest BCUT2D eigenvalue weighted by molar-refractivity contribution is 0.360. The normalized spacial score (nSPS) is 11.0. The molecule has 9 heteroatoms. The van der Waals surface area contributed by atoms with Gasteiger partial charge in [0.2, 0.25) is 5.95 Å². The van der Waals surface area contributed by atoms with Crippen LogP contribution < -0.4 is 14.8 Å². The van der Waals surface area contributed by atoms with Crippen LogP contribution in [-0.2, 0) is 0 Å². The first-order valence-electron chi connectivity index (χ1n) is 10.3. The van der Waals surface area contributed by atoms with Gasteiger partial charge in [-0.2, -0.15) is 4.98 Å². The lowest BCUT2D eigenvalue weighted by atomic mass is 10.0. The van der Waals surface area contributed by atoms with E-state index in [2.05, 4.69) is 20.4 Å². The fraction of sp³-hybridized carbons (Fsp3) is 0.208. The van der Waals surface area contributed by atoms with Crippen molar-refractivity contribution in [3.8, 4) is 28.6 Å². The van der Waals surface area contributed by atoms with Gasteiger partial charge in [-0.1, -0.05) is 17.7 Å². The van der Waals surface area contributed by atoms with Gasteiger partial charge in [-0.15, -0.1) is 5.10 Å². The van der Waals surface area contributed by atoms with Crippen LogP contribution in [0.1, 0.15) is 25.6 Å². The van der Waals surface area contributed by atoms with Crippen LogP contribution in [0.5, 0.6) is 17.5 Å². The molecule has 0 bridgehead atoms. The summed E-state index contributed by atoms with van der Waals surface area (Å²) >= 11 is 6.10. The number of halogens is 2. The van der Waals surface area contributed by atoms with Crippen molar-refractivity contribution >= 4 is 23.2 Å². The average Bonchev–Trinajstić information content (AvgIpc) is 3.19. The van der Waals surface area contributed by atoms with E-state index in [1.807, 2.05) is 51.1 Å². The number of aromatic nitrogens is 4. The zero-order valence-corrected chi connectivity index (χ0v) is 19.4. The summed E-state index contributed by atoms with van der Waals surface area (Å²) in [4.78, 5) is 8.64. The topological polar surface area (TPSA) is 74.1 Å². The van der Waals surface area contributed by atoms with Crippen molar-refractivity contribution in [2.24, 2.45) is 0 Å². The molecule has 0 aliphatic carbocycles. The van der Waals surface area contributed by atoms with Crippen molar-refractivity contribution in [3.05, 3.63) is 71.3 Å². The molecule has 0 amide bonds. The summed E-state index contributed by atoms with van der Waals surface area (Å²) in [6.07, 6.45) is 1.77. The molecule has 0 fully saturated rings. The minimum absolute atomic E-state index is 0.0829. The lowest BCUT2D eigenvalue weighted by Gasteiger charge is -2.11. The van der Waals surface area contributed by atoms with E-state index in [9.17, 15) is 4.39 Å². The number of nitrogens with one attached hydrogen (secondary N) is 1. The first-order chi connectivity index (χ1) is 15.9. The summed E-state index contributed by atoms with van der Waals surface area (Å²) in [6.45, 7) is 5.78. The third-order valence-electron chi connectivity index (χ3n) is 4.87. The first-order valence-corrected chi connectivity index (χ1v) is 10.7. The number of ether oxygens (including phenoxy) is 2. The Bertz CT molecular complexity index is 1270. The van der Waals surface area contributed by atoms with E-state index in [0.29, 0.717) is 11.7 Å². The average molecular weight is 468 g/mol. The van der Waals surface area contributed by atoms with Crippen molar-refractivity contribution in [1.29, 1.82) is 0 Å². The van der Waals surface area contributed by atoms with Crippen LogP contribution in [0.3, 0.4) is 0 Å². The maximum absolute atomic E-state index is 14.2. The van der Waals surface area contributed by atoms with Gasteiger partial charge in [0.1, 0.15) is 5.75 Å². The van der Waals surface area contributed by atoms with Gasteiger partial charge in [-0.3, -0.25) is 4.98 Å². The molecule has 4 rings (SSSR count). The maximum Gasteiger partial charge on any atom is 0.322 e. The zero-order valence-electron chi connectivity index (χ0n) is 18.6. The molecular formula is C24H23ClFN5O2. The van der Waals surface area contributed by atoms with Crippen LogP contribution in [0.2, 0.25) is 5.02 Å². The Kier molecular flexibility index (Phi) is 6.46. The standard InChI is InChI=1S/C24H23ClFN5O2/c1-14(2)31-24(33-22-19(25)6-5-7-20(22)26)29-23(30-31)28-17-8-9-18(21(13-17)32-4)16-10-11-27-15(3)12-16/h5-14H,1-4H3,(H,28,30). The van der Waals surface area contributed by atoms with Gasteiger partial charge in [0, 0.05) is 29.2 Å². The maximum atomic E-state index is 14.2. The molecule has 33 heavy (non-hydrogen) atoms. The molecule has 0 aliphatic heterocycles. The van der Waals surface area contributed by atoms with Gasteiger partial charge < -0.3 is 14.8 Å². The molecule has 170 valence electrons. The van der Waals surface area contributed by atoms with E-state index in [0.717, 1.165) is 22.5 Å². The lowest BCUT2D eigenvalue weighted by Crippen LogP contribution is -2.06. The van der Waals surface area contributed by atoms with E-state index in [1.54, 1.807) is 24.1 Å². The third kappa shape index (κ3) is 4.90. The fourth-order valence-electron chi connectivity index (χ4n) is 3.29. The molecule has 2 aromatic heterocycles. The molecule has 1 N–H and O–H groups in total. The minimum Gasteiger partial charge on any atom is -0.496 e. The van der Waals surface area contributed by atoms with Crippen molar-refractivity contribution in [2.45, 2.75) is 26.8 Å². The van der Waals surface area contributed by atoms with Crippen LogP contribution in [0, 0.1) is 12.7 Å². The first kappa shape index (κ1) is 22.5. The van der Waals surface area contributed by atoms with E-state index in [4.69, 9.17) is 21.1 Å². The molecule has 0 saturated carbocycles. The number of hydrogen-bond acceptors (Lipinski definition) is 6. The van der Waals surface area contributed by atoms with Crippen LogP contribution in [-0.4, -0.2) is 26.9 Å². The van der Waals surface area contributed by atoms with Gasteiger partial charge in [0.25, 0.3) is 0 Å². The molecule has 0 saturated heterocycles. The molecule has 2 aromatic carbocycles. The second kappa shape index (κ2) is 9.46. The highest BCUT2D eigenvalue weighted by atomic mass is 35.5. The molecule has 0 spiro atoms. The summed E-state index contributed by atoms with van der Waals surface area (Å²) in [6, 6.07) is 14.0. The Morgan fingerprint density at radius 1 is 1.12 bits per heavy atom. The van der Waals surface area contributed by atoms with E-state index in [-0.39, 0.29) is 22.8 Å². The van der Waals surface area contributed by atoms with Crippen molar-refractivity contribution < 1.29 is 13.9 Å². The number of para-hydroxylation sites is 1. The summed E-state index contributed by atoms with van der Waals surface area (Å²) in [5, 5.41) is 7.77. The Morgan fingerprint density at radius 2 is 1.94 bits per heavy atom. The Hall–Kier alpha value is -3.65. The van der Waals surface area contributed by atoms with Gasteiger partial charge in [-0.25, -0.2) is 9.07 Å². The van der Waals surface area contributed by atoms with Crippen molar-refractivity contribution in [2.75, 3.05) is 12.4 Å². The molecular weight excluding hydrogens is 445 g/mol. The molecule has 0 aliphatic rings. The number of benzene rings is 2. The number of anilines is 2. The largest absolute Gasteiger partial charge is 0.496 e. The van der Waals surface area contributed by atoms with Crippen LogP contribution in [0.15, 0.2) is 54.7 Å². The Balaban J connectivity index is 1.63. The summed E-state index contributed by atoms with van der Waals surface area (Å²) in [5.74, 6) is 0.296. The second-order valence-corrected chi connectivity index (χ2v) is 8.04. The molecule has 0 radical (unpaired) electrons. The van der Waals surface area contributed by atoms with Gasteiger partial charge in [0.15, 0.2) is 11.6 Å². The van der Waals surface area contributed by atoms with E-state index < -0.39 is 5.82 Å². The van der Waals surface area contributed by atoms with Crippen LogP contribution in [0.25, 0.3) is 11.1 Å². The van der Waals surface area contributed by atoms with Gasteiger partial charge >= 0.3 is 6.01 Å². The SMILES string of the molecule is COc1cc(Nc2nc(Oc3c(F)cccc3Cl)n(C(C)C)n2)ccc1-c1ccnc(C)c1. The predicted octanol–water partition coefficient (Wildman–Crippen LogP) is 6.57. The molecule has 0 atom stereocenters. The third-order valence-corrected chi connectivity index (χ3v) is 5.16. The predicted molar refractivity (Wildman–Crippen MR) is 126 cm³/mol. The second-order valence-electron chi connectivity index (χ2n) is 7.64. The monoisotopic (exact) mass is 467 g/mol. The molecule has 4 aromatic rings. The van der Waals surface area contributed by atoms with Gasteiger partial charge in [-0.05, 0) is 62.7 Å². The summed E-state index contributed by atoms with van der Waals surface area (Å²) in [7, 11) is 1.62. The molecule has 2 heterocycles. The quantitative estimate of drug-likeness (QED) is 0.331. The number of rotatable bonds is 7. The van der Waals surface area contributed by atoms with Gasteiger partial charge in [0.05, 0.1) is 18.2 Å². The van der Waals surface area contributed by atoms with E-state index >= 15 is 0 Å². The number of hydrogen-bond donors (Lipinski definition) is 1. The Labute approximate surface area is 196 Å². The van der Waals surface area contributed by atoms with Crippen LogP contribution in [0.4, 0.5) is 16.0 Å². The minimum atomic E-state index is -0.581. The Morgan fingerprint density at radius 3 is 2.64 bits per heavy atom. The number of pyridine rings is 1. The van der Waals surface area contributed by atoms with Crippen molar-refractivity contribution in [3.63, 3.8) is 0 Å². The highest BCUT2D eigenvalue weighted by molar-refractivity contribution is 6.32. The number of aryl methyl sites for hydroxylation is 1. The number of nitrogens with zero attached hydrogens (tertiary/aromatic N) is 4. The van der Waals surface area contributed by atoms with Crippen LogP contribution >= 0.6 is 11.6 Å². The molecule has 0 unspecified atom stereocenters. The fourth-order valence-corrected chi connectivity index (χ4v) is 3.49. The van der Waals surface area contributed by atoms with Crippen molar-refractivity contribution in [1.82, 2.24) is 19.7 Å². The molecule has 7 nitrogen and oxygen atoms in total. The zero-order chi connectivity index (χ0) is 23.5. The number of methoxy groups -OCH3 is 1. The highest BCUT2D eigenvalue weighted by Gasteiger charge is 2.19.